The molecule has 27 heavy (non-hydrogen) atoms. The first-order valence-corrected chi connectivity index (χ1v) is 9.53. The quantitative estimate of drug-likeness (QED) is 0.498. The van der Waals surface area contributed by atoms with Gasteiger partial charge >= 0.3 is 0 Å². The van der Waals surface area contributed by atoms with Crippen molar-refractivity contribution in [2.75, 3.05) is 14.2 Å². The number of thiazole rings is 1. The second-order valence-electron chi connectivity index (χ2n) is 6.50. The molecule has 138 valence electrons. The molecule has 0 aliphatic heterocycles. The van der Waals surface area contributed by atoms with E-state index < -0.39 is 0 Å². The zero-order valence-electron chi connectivity index (χ0n) is 15.4. The number of likely N-dealkylation sites (N-methyl/N-ethyl adjacent to an activating group) is 1. The number of methoxy groups -OCH3 is 1. The minimum Gasteiger partial charge on any atom is -0.497 e. The van der Waals surface area contributed by atoms with Gasteiger partial charge in [0.1, 0.15) is 16.3 Å². The topological polar surface area (TPSA) is 55.6 Å². The lowest BCUT2D eigenvalue weighted by molar-refractivity contribution is -0.131. The van der Waals surface area contributed by atoms with Crippen LogP contribution in [0.25, 0.3) is 21.2 Å². The van der Waals surface area contributed by atoms with Crippen molar-refractivity contribution >= 4 is 38.4 Å². The van der Waals surface area contributed by atoms with Gasteiger partial charge < -0.3 is 14.1 Å². The Bertz CT molecular complexity index is 1080. The molecule has 2 aromatic heterocycles. The summed E-state index contributed by atoms with van der Waals surface area (Å²) in [5, 5.41) is 1.87. The largest absolute Gasteiger partial charge is 0.497 e. The van der Waals surface area contributed by atoms with Crippen molar-refractivity contribution in [3.8, 4) is 5.75 Å². The van der Waals surface area contributed by atoms with Gasteiger partial charge in [-0.05, 0) is 31.2 Å². The molecule has 1 atom stereocenters. The van der Waals surface area contributed by atoms with Gasteiger partial charge in [-0.25, -0.2) is 4.98 Å². The van der Waals surface area contributed by atoms with E-state index in [1.807, 2.05) is 50.4 Å². The van der Waals surface area contributed by atoms with Crippen LogP contribution in [-0.4, -0.2) is 29.9 Å². The maximum absolute atomic E-state index is 12.8. The van der Waals surface area contributed by atoms with Crippen molar-refractivity contribution in [1.29, 1.82) is 0 Å². The Morgan fingerprint density at radius 3 is 2.89 bits per heavy atom. The van der Waals surface area contributed by atoms with Gasteiger partial charge in [-0.1, -0.05) is 12.1 Å². The summed E-state index contributed by atoms with van der Waals surface area (Å²) < 4.78 is 11.9. The number of fused-ring (bicyclic) bond motifs is 2. The lowest BCUT2D eigenvalue weighted by Gasteiger charge is -2.23. The lowest BCUT2D eigenvalue weighted by atomic mass is 10.1. The fourth-order valence-electron chi connectivity index (χ4n) is 3.07. The first kappa shape index (κ1) is 17.5. The fourth-order valence-corrected chi connectivity index (χ4v) is 4.13. The summed E-state index contributed by atoms with van der Waals surface area (Å²) in [6.45, 7) is 2.01. The molecule has 5 nitrogen and oxygen atoms in total. The Labute approximate surface area is 161 Å². The second kappa shape index (κ2) is 7.04. The fraction of sp³-hybridized carbons (Fsp3) is 0.238. The number of nitrogens with zero attached hydrogens (tertiary/aromatic N) is 2. The summed E-state index contributed by atoms with van der Waals surface area (Å²) in [5.41, 5.74) is 2.57. The van der Waals surface area contributed by atoms with Crippen LogP contribution in [0.15, 0.2) is 53.1 Å². The first-order valence-electron chi connectivity index (χ1n) is 8.72. The van der Waals surface area contributed by atoms with E-state index in [1.54, 1.807) is 29.6 Å². The zero-order chi connectivity index (χ0) is 19.0. The smallest absolute Gasteiger partial charge is 0.227 e. The minimum absolute atomic E-state index is 0.0280. The van der Waals surface area contributed by atoms with Crippen molar-refractivity contribution in [2.45, 2.75) is 19.4 Å². The minimum atomic E-state index is -0.0897. The molecule has 0 spiro atoms. The molecule has 4 rings (SSSR count). The molecule has 0 bridgehead atoms. The van der Waals surface area contributed by atoms with Crippen LogP contribution in [0.4, 0.5) is 0 Å². The molecule has 1 amide bonds. The SMILES string of the molecule is COc1ccc2c(CC(=O)N(C)[C@H](C)c3nc4ccccc4s3)coc2c1. The number of hydrogen-bond donors (Lipinski definition) is 0. The maximum Gasteiger partial charge on any atom is 0.227 e. The summed E-state index contributed by atoms with van der Waals surface area (Å²) in [6.07, 6.45) is 1.93. The van der Waals surface area contributed by atoms with Gasteiger partial charge in [-0.2, -0.15) is 0 Å². The predicted molar refractivity (Wildman–Crippen MR) is 107 cm³/mol. The van der Waals surface area contributed by atoms with Gasteiger partial charge in [-0.3, -0.25) is 4.79 Å². The Hall–Kier alpha value is -2.86. The highest BCUT2D eigenvalue weighted by Crippen LogP contribution is 2.30. The summed E-state index contributed by atoms with van der Waals surface area (Å²) in [4.78, 5) is 19.3. The van der Waals surface area contributed by atoms with Crippen LogP contribution < -0.4 is 4.74 Å². The number of amides is 1. The monoisotopic (exact) mass is 380 g/mol. The number of benzene rings is 2. The number of hydrogen-bond acceptors (Lipinski definition) is 5. The molecule has 0 radical (unpaired) electrons. The van der Waals surface area contributed by atoms with Crippen LogP contribution in [-0.2, 0) is 11.2 Å². The molecule has 2 heterocycles. The van der Waals surface area contributed by atoms with E-state index >= 15 is 0 Å². The van der Waals surface area contributed by atoms with E-state index in [1.165, 1.54) is 0 Å². The predicted octanol–water partition coefficient (Wildman–Crippen LogP) is 4.81. The standard InChI is InChI=1S/C21H20N2O3S/c1-13(21-22-17-6-4-5-7-19(17)27-21)23(2)20(24)10-14-12-26-18-11-15(25-3)8-9-16(14)18/h4-9,11-13H,10H2,1-3H3/t13-/m1/s1. The van der Waals surface area contributed by atoms with Gasteiger partial charge in [0.2, 0.25) is 5.91 Å². The average Bonchev–Trinajstić information content (AvgIpc) is 3.30. The highest BCUT2D eigenvalue weighted by molar-refractivity contribution is 7.18. The van der Waals surface area contributed by atoms with Crippen molar-refractivity contribution in [2.24, 2.45) is 0 Å². The van der Waals surface area contributed by atoms with Crippen molar-refractivity contribution in [3.05, 3.63) is 59.3 Å². The molecule has 6 heteroatoms. The molecule has 0 fully saturated rings. The van der Waals surface area contributed by atoms with Crippen molar-refractivity contribution in [3.63, 3.8) is 0 Å². The summed E-state index contributed by atoms with van der Waals surface area (Å²) in [7, 11) is 3.44. The van der Waals surface area contributed by atoms with E-state index in [2.05, 4.69) is 11.1 Å². The van der Waals surface area contributed by atoms with Crippen LogP contribution in [0.5, 0.6) is 5.75 Å². The van der Waals surface area contributed by atoms with E-state index in [-0.39, 0.29) is 18.4 Å². The Morgan fingerprint density at radius 1 is 1.30 bits per heavy atom. The Kier molecular flexibility index (Phi) is 4.58. The normalized spacial score (nSPS) is 12.4. The maximum atomic E-state index is 12.8. The van der Waals surface area contributed by atoms with Crippen LogP contribution in [0.3, 0.4) is 0 Å². The summed E-state index contributed by atoms with van der Waals surface area (Å²) >= 11 is 1.63. The molecular formula is C21H20N2O3S. The highest BCUT2D eigenvalue weighted by atomic mass is 32.1. The third-order valence-corrected chi connectivity index (χ3v) is 6.05. The molecule has 0 aliphatic carbocycles. The number of aromatic nitrogens is 1. The van der Waals surface area contributed by atoms with E-state index in [4.69, 9.17) is 9.15 Å². The van der Waals surface area contributed by atoms with Gasteiger partial charge in [0.15, 0.2) is 0 Å². The number of ether oxygens (including phenoxy) is 1. The molecule has 0 unspecified atom stereocenters. The third kappa shape index (κ3) is 3.28. The number of furan rings is 1. The molecule has 0 N–H and O–H groups in total. The number of carbonyl (C=O) groups is 1. The van der Waals surface area contributed by atoms with Crippen molar-refractivity contribution < 1.29 is 13.9 Å². The molecular weight excluding hydrogens is 360 g/mol. The highest BCUT2D eigenvalue weighted by Gasteiger charge is 2.22. The molecule has 4 aromatic rings. The summed E-state index contributed by atoms with van der Waals surface area (Å²) in [5.74, 6) is 0.761. The van der Waals surface area contributed by atoms with Crippen LogP contribution in [0.1, 0.15) is 23.5 Å². The molecule has 2 aromatic carbocycles. The number of carbonyl (C=O) groups excluding carboxylic acids is 1. The number of para-hydroxylation sites is 1. The molecule has 0 aliphatic rings. The van der Waals surface area contributed by atoms with Gasteiger partial charge in [0.05, 0.1) is 36.1 Å². The second-order valence-corrected chi connectivity index (χ2v) is 7.56. The Balaban J connectivity index is 1.53. The Morgan fingerprint density at radius 2 is 2.11 bits per heavy atom. The third-order valence-electron chi connectivity index (χ3n) is 4.85. The molecule has 0 saturated carbocycles. The van der Waals surface area contributed by atoms with Crippen LogP contribution >= 0.6 is 11.3 Å². The first-order chi connectivity index (χ1) is 13.1. The van der Waals surface area contributed by atoms with Crippen LogP contribution in [0, 0.1) is 0 Å². The van der Waals surface area contributed by atoms with Crippen LogP contribution in [0.2, 0.25) is 0 Å². The number of rotatable bonds is 5. The van der Waals surface area contributed by atoms with Crippen molar-refractivity contribution in [1.82, 2.24) is 9.88 Å². The molecule has 0 saturated heterocycles. The lowest BCUT2D eigenvalue weighted by Crippen LogP contribution is -2.30. The summed E-state index contributed by atoms with van der Waals surface area (Å²) in [6, 6.07) is 13.6. The average molecular weight is 380 g/mol. The van der Waals surface area contributed by atoms with Gasteiger partial charge in [-0.15, -0.1) is 11.3 Å². The zero-order valence-corrected chi connectivity index (χ0v) is 16.2. The van der Waals surface area contributed by atoms with E-state index in [0.29, 0.717) is 0 Å². The van der Waals surface area contributed by atoms with E-state index in [9.17, 15) is 4.79 Å². The van der Waals surface area contributed by atoms with Gasteiger partial charge in [0, 0.05) is 24.1 Å². The van der Waals surface area contributed by atoms with E-state index in [0.717, 1.165) is 37.5 Å². The van der Waals surface area contributed by atoms with Gasteiger partial charge in [0.25, 0.3) is 0 Å².